The Bertz CT molecular complexity index is 1430. The van der Waals surface area contributed by atoms with Gasteiger partial charge in [0.25, 0.3) is 5.91 Å². The summed E-state index contributed by atoms with van der Waals surface area (Å²) in [7, 11) is 1.44. The van der Waals surface area contributed by atoms with E-state index in [0.29, 0.717) is 35.0 Å². The van der Waals surface area contributed by atoms with E-state index in [0.717, 1.165) is 25.1 Å². The van der Waals surface area contributed by atoms with Crippen molar-refractivity contribution in [1.82, 2.24) is 5.32 Å². The highest BCUT2D eigenvalue weighted by atomic mass is 16.6. The van der Waals surface area contributed by atoms with E-state index in [1.165, 1.54) is 58.5 Å². The molecule has 3 N–H and O–H groups in total. The standard InChI is InChI=1S/C38H48N2O7/c1-3-4-5-6-10-23-46-32-20-16-30(17-21-32)38(44)47-34-22-13-28(25-35(34)45-2)24-33(37(42)43)40-36(41)29-14-18-31(19-15-29)39-26-27-11-8-7-9-12-27/h13-22,25,27,33,39H,3-12,23-24,26H2,1-2H3,(H,40,41)(H,42,43). The monoisotopic (exact) mass is 644 g/mol. The van der Waals surface area contributed by atoms with E-state index in [9.17, 15) is 19.5 Å². The van der Waals surface area contributed by atoms with Crippen LogP contribution in [0.1, 0.15) is 97.4 Å². The summed E-state index contributed by atoms with van der Waals surface area (Å²) in [5.41, 5.74) is 2.26. The van der Waals surface area contributed by atoms with Crippen molar-refractivity contribution in [3.8, 4) is 17.2 Å². The average molecular weight is 645 g/mol. The molecule has 4 rings (SSSR count). The average Bonchev–Trinajstić information content (AvgIpc) is 3.10. The first-order chi connectivity index (χ1) is 22.9. The van der Waals surface area contributed by atoms with Gasteiger partial charge in [0.15, 0.2) is 11.5 Å². The fourth-order valence-electron chi connectivity index (χ4n) is 5.74. The number of aliphatic carboxylic acids is 1. The van der Waals surface area contributed by atoms with Crippen molar-refractivity contribution in [3.05, 3.63) is 83.4 Å². The number of nitrogens with one attached hydrogen (secondary N) is 2. The van der Waals surface area contributed by atoms with E-state index in [4.69, 9.17) is 14.2 Å². The van der Waals surface area contributed by atoms with Crippen molar-refractivity contribution in [2.75, 3.05) is 25.6 Å². The van der Waals surface area contributed by atoms with Crippen LogP contribution in [-0.4, -0.2) is 49.3 Å². The molecule has 1 unspecified atom stereocenters. The predicted octanol–water partition coefficient (Wildman–Crippen LogP) is 7.68. The largest absolute Gasteiger partial charge is 0.494 e. The Labute approximate surface area is 278 Å². The molecular weight excluding hydrogens is 596 g/mol. The second-order valence-corrected chi connectivity index (χ2v) is 12.2. The number of esters is 1. The predicted molar refractivity (Wildman–Crippen MR) is 183 cm³/mol. The maximum atomic E-state index is 12.9. The molecule has 1 amide bonds. The molecule has 9 nitrogen and oxygen atoms in total. The van der Waals surface area contributed by atoms with Crippen molar-refractivity contribution in [1.29, 1.82) is 0 Å². The highest BCUT2D eigenvalue weighted by Gasteiger charge is 2.23. The lowest BCUT2D eigenvalue weighted by Gasteiger charge is -2.22. The van der Waals surface area contributed by atoms with Crippen molar-refractivity contribution < 1.29 is 33.7 Å². The smallest absolute Gasteiger partial charge is 0.343 e. The van der Waals surface area contributed by atoms with Gasteiger partial charge in [-0.05, 0) is 91.4 Å². The maximum Gasteiger partial charge on any atom is 0.343 e. The molecule has 3 aromatic rings. The molecule has 1 saturated carbocycles. The summed E-state index contributed by atoms with van der Waals surface area (Å²) in [5.74, 6) is -0.367. The SMILES string of the molecule is CCCCCCCOc1ccc(C(=O)Oc2ccc(CC(NC(=O)c3ccc(NCC4CCCCC4)cc3)C(=O)O)cc2OC)cc1. The number of unbranched alkanes of at least 4 members (excludes halogenated alkanes) is 4. The van der Waals surface area contributed by atoms with E-state index in [2.05, 4.69) is 17.6 Å². The summed E-state index contributed by atoms with van der Waals surface area (Å²) in [6.07, 6.45) is 12.2. The molecule has 252 valence electrons. The molecule has 0 saturated heterocycles. The number of anilines is 1. The number of rotatable bonds is 18. The zero-order valence-electron chi connectivity index (χ0n) is 27.6. The number of ether oxygens (including phenoxy) is 3. The molecule has 1 fully saturated rings. The van der Waals surface area contributed by atoms with Gasteiger partial charge < -0.3 is 30.0 Å². The van der Waals surface area contributed by atoms with Crippen LogP contribution in [0.15, 0.2) is 66.7 Å². The summed E-state index contributed by atoms with van der Waals surface area (Å²) >= 11 is 0. The number of hydrogen-bond acceptors (Lipinski definition) is 7. The topological polar surface area (TPSA) is 123 Å². The lowest BCUT2D eigenvalue weighted by Crippen LogP contribution is -2.42. The molecule has 0 heterocycles. The van der Waals surface area contributed by atoms with Crippen LogP contribution in [0.5, 0.6) is 17.2 Å². The van der Waals surface area contributed by atoms with Crippen molar-refractivity contribution in [2.24, 2.45) is 5.92 Å². The zero-order valence-corrected chi connectivity index (χ0v) is 27.6. The molecule has 0 aromatic heterocycles. The van der Waals surface area contributed by atoms with E-state index < -0.39 is 23.9 Å². The van der Waals surface area contributed by atoms with Gasteiger partial charge in [-0.2, -0.15) is 0 Å². The van der Waals surface area contributed by atoms with Gasteiger partial charge in [0.1, 0.15) is 11.8 Å². The molecule has 0 radical (unpaired) electrons. The summed E-state index contributed by atoms with van der Waals surface area (Å²) in [4.78, 5) is 37.9. The Balaban J connectivity index is 1.29. The highest BCUT2D eigenvalue weighted by Crippen LogP contribution is 2.30. The van der Waals surface area contributed by atoms with Crippen molar-refractivity contribution >= 4 is 23.5 Å². The van der Waals surface area contributed by atoms with E-state index >= 15 is 0 Å². The second kappa shape index (κ2) is 18.6. The van der Waals surface area contributed by atoms with Crippen LogP contribution in [0, 0.1) is 5.92 Å². The fourth-order valence-corrected chi connectivity index (χ4v) is 5.74. The summed E-state index contributed by atoms with van der Waals surface area (Å²) in [6, 6.07) is 17.5. The molecule has 0 aliphatic heterocycles. The van der Waals surface area contributed by atoms with Crippen LogP contribution in [0.25, 0.3) is 0 Å². The Morgan fingerprint density at radius 2 is 1.55 bits per heavy atom. The van der Waals surface area contributed by atoms with Gasteiger partial charge in [-0.3, -0.25) is 4.79 Å². The number of methoxy groups -OCH3 is 1. The number of carboxylic acid groups (broad SMARTS) is 1. The van der Waals surface area contributed by atoms with E-state index in [1.54, 1.807) is 54.6 Å². The summed E-state index contributed by atoms with van der Waals surface area (Å²) in [5, 5.41) is 15.9. The third-order valence-electron chi connectivity index (χ3n) is 8.55. The molecule has 47 heavy (non-hydrogen) atoms. The minimum absolute atomic E-state index is 0.00670. The van der Waals surface area contributed by atoms with Gasteiger partial charge in [0.05, 0.1) is 19.3 Å². The van der Waals surface area contributed by atoms with Crippen LogP contribution in [0.3, 0.4) is 0 Å². The normalized spacial score (nSPS) is 13.7. The second-order valence-electron chi connectivity index (χ2n) is 12.2. The fraction of sp³-hybridized carbons (Fsp3) is 0.447. The molecule has 9 heteroatoms. The number of benzene rings is 3. The van der Waals surface area contributed by atoms with Gasteiger partial charge in [0, 0.05) is 24.2 Å². The molecule has 0 spiro atoms. The summed E-state index contributed by atoms with van der Waals surface area (Å²) in [6.45, 7) is 3.73. The molecule has 0 bridgehead atoms. The highest BCUT2D eigenvalue weighted by molar-refractivity contribution is 5.97. The molecule has 3 aromatic carbocycles. The van der Waals surface area contributed by atoms with Crippen LogP contribution < -0.4 is 24.8 Å². The first kappa shape index (κ1) is 35.3. The quantitative estimate of drug-likeness (QED) is 0.0732. The minimum Gasteiger partial charge on any atom is -0.494 e. The first-order valence-corrected chi connectivity index (χ1v) is 16.9. The Morgan fingerprint density at radius 3 is 2.23 bits per heavy atom. The lowest BCUT2D eigenvalue weighted by molar-refractivity contribution is -0.139. The Kier molecular flexibility index (Phi) is 14.0. The van der Waals surface area contributed by atoms with Gasteiger partial charge in [-0.15, -0.1) is 0 Å². The molecule has 1 atom stereocenters. The van der Waals surface area contributed by atoms with Crippen LogP contribution >= 0.6 is 0 Å². The third-order valence-corrected chi connectivity index (χ3v) is 8.55. The van der Waals surface area contributed by atoms with E-state index in [1.807, 2.05) is 12.1 Å². The third kappa shape index (κ3) is 11.3. The number of carbonyl (C=O) groups excluding carboxylic acids is 2. The minimum atomic E-state index is -1.18. The molecular formula is C38H48N2O7. The van der Waals surface area contributed by atoms with Gasteiger partial charge in [-0.1, -0.05) is 57.9 Å². The van der Waals surface area contributed by atoms with Gasteiger partial charge in [-0.25, -0.2) is 9.59 Å². The number of amides is 1. The lowest BCUT2D eigenvalue weighted by atomic mass is 9.89. The zero-order chi connectivity index (χ0) is 33.4. The maximum absolute atomic E-state index is 12.9. The van der Waals surface area contributed by atoms with Crippen molar-refractivity contribution in [2.45, 2.75) is 83.6 Å². The van der Waals surface area contributed by atoms with Gasteiger partial charge in [0.2, 0.25) is 0 Å². The first-order valence-electron chi connectivity index (χ1n) is 16.9. The number of carbonyl (C=O) groups is 3. The molecule has 1 aliphatic rings. The molecule has 1 aliphatic carbocycles. The van der Waals surface area contributed by atoms with Crippen LogP contribution in [-0.2, 0) is 11.2 Å². The van der Waals surface area contributed by atoms with E-state index in [-0.39, 0.29) is 17.9 Å². The number of carboxylic acids is 1. The Hall–Kier alpha value is -4.53. The number of hydrogen-bond donors (Lipinski definition) is 3. The van der Waals surface area contributed by atoms with Crippen LogP contribution in [0.4, 0.5) is 5.69 Å². The summed E-state index contributed by atoms with van der Waals surface area (Å²) < 4.78 is 16.8. The van der Waals surface area contributed by atoms with Crippen LogP contribution in [0.2, 0.25) is 0 Å². The Morgan fingerprint density at radius 1 is 0.851 bits per heavy atom. The van der Waals surface area contributed by atoms with Gasteiger partial charge >= 0.3 is 11.9 Å². The van der Waals surface area contributed by atoms with Crippen molar-refractivity contribution in [3.63, 3.8) is 0 Å².